The lowest BCUT2D eigenvalue weighted by Crippen LogP contribution is -2.46. The fourth-order valence-electron chi connectivity index (χ4n) is 3.21. The lowest BCUT2D eigenvalue weighted by Gasteiger charge is -2.33. The molecule has 4 nitrogen and oxygen atoms in total. The predicted octanol–water partition coefficient (Wildman–Crippen LogP) is 3.04. The second kappa shape index (κ2) is 8.55. The van der Waals surface area contributed by atoms with Gasteiger partial charge in [0.2, 0.25) is 0 Å². The van der Waals surface area contributed by atoms with Crippen molar-refractivity contribution < 1.29 is 19.1 Å². The molecule has 0 aromatic heterocycles. The van der Waals surface area contributed by atoms with Gasteiger partial charge in [-0.05, 0) is 43.1 Å². The summed E-state index contributed by atoms with van der Waals surface area (Å²) in [7, 11) is 2.71. The number of thioether (sulfide) groups is 1. The number of hydrogen-bond donors (Lipinski definition) is 0. The molecule has 1 aliphatic carbocycles. The van der Waals surface area contributed by atoms with Crippen molar-refractivity contribution in [1.29, 1.82) is 0 Å². The first-order valence-corrected chi connectivity index (χ1v) is 8.53. The Morgan fingerprint density at radius 3 is 2.15 bits per heavy atom. The van der Waals surface area contributed by atoms with E-state index in [9.17, 15) is 9.59 Å². The number of methoxy groups -OCH3 is 2. The Hall–Kier alpha value is -0.710. The Morgan fingerprint density at radius 2 is 1.70 bits per heavy atom. The van der Waals surface area contributed by atoms with Crippen LogP contribution in [-0.2, 0) is 19.1 Å². The van der Waals surface area contributed by atoms with E-state index in [-0.39, 0.29) is 5.92 Å². The van der Waals surface area contributed by atoms with E-state index in [4.69, 9.17) is 9.47 Å². The van der Waals surface area contributed by atoms with Gasteiger partial charge < -0.3 is 9.47 Å². The summed E-state index contributed by atoms with van der Waals surface area (Å²) in [6.45, 7) is 2.11. The number of esters is 2. The van der Waals surface area contributed by atoms with Crippen LogP contribution in [0.1, 0.15) is 45.4 Å². The molecule has 0 bridgehead atoms. The van der Waals surface area contributed by atoms with Gasteiger partial charge in [-0.15, -0.1) is 0 Å². The van der Waals surface area contributed by atoms with Crippen LogP contribution in [0.15, 0.2) is 0 Å². The van der Waals surface area contributed by atoms with Crippen molar-refractivity contribution in [2.45, 2.75) is 45.4 Å². The smallest absolute Gasteiger partial charge is 0.323 e. The average Bonchev–Trinajstić information content (AvgIpc) is 3.00. The van der Waals surface area contributed by atoms with E-state index in [1.807, 2.05) is 11.8 Å². The van der Waals surface area contributed by atoms with E-state index in [2.05, 4.69) is 6.92 Å². The van der Waals surface area contributed by atoms with E-state index in [0.29, 0.717) is 6.42 Å². The van der Waals surface area contributed by atoms with Gasteiger partial charge in [-0.3, -0.25) is 9.59 Å². The molecule has 1 rings (SSSR count). The number of hydrogen-bond acceptors (Lipinski definition) is 5. The van der Waals surface area contributed by atoms with Crippen LogP contribution in [0.4, 0.5) is 0 Å². The summed E-state index contributed by atoms with van der Waals surface area (Å²) < 4.78 is 9.92. The average molecular weight is 302 g/mol. The van der Waals surface area contributed by atoms with Crippen LogP contribution in [-0.4, -0.2) is 37.7 Å². The van der Waals surface area contributed by atoms with Gasteiger partial charge in [0, 0.05) is 0 Å². The molecule has 0 radical (unpaired) electrons. The fourth-order valence-corrected chi connectivity index (χ4v) is 3.84. The lowest BCUT2D eigenvalue weighted by molar-refractivity contribution is -0.174. The molecule has 0 saturated heterocycles. The molecule has 5 heteroatoms. The standard InChI is InChI=1S/C15H26O4S/c1-4-20-11-7-10-15(13(16)18-2,14(17)19-3)12-8-5-6-9-12/h12H,4-11H2,1-3H3. The quantitative estimate of drug-likeness (QED) is 0.392. The number of carbonyl (C=O) groups excluding carboxylic acids is 2. The molecule has 0 spiro atoms. The van der Waals surface area contributed by atoms with Crippen LogP contribution in [0.2, 0.25) is 0 Å². The van der Waals surface area contributed by atoms with E-state index in [1.54, 1.807) is 0 Å². The summed E-state index contributed by atoms with van der Waals surface area (Å²) in [4.78, 5) is 24.7. The summed E-state index contributed by atoms with van der Waals surface area (Å²) >= 11 is 1.83. The molecule has 0 aromatic carbocycles. The molecule has 20 heavy (non-hydrogen) atoms. The van der Waals surface area contributed by atoms with Crippen molar-refractivity contribution >= 4 is 23.7 Å². The van der Waals surface area contributed by atoms with Gasteiger partial charge in [-0.1, -0.05) is 19.8 Å². The Balaban J connectivity index is 2.92. The SMILES string of the molecule is CCSCCCC(C(=O)OC)(C(=O)OC)C1CCCC1. The number of carbonyl (C=O) groups is 2. The van der Waals surface area contributed by atoms with Crippen molar-refractivity contribution in [3.05, 3.63) is 0 Å². The zero-order valence-electron chi connectivity index (χ0n) is 12.8. The lowest BCUT2D eigenvalue weighted by atomic mass is 9.71. The first-order valence-electron chi connectivity index (χ1n) is 7.38. The molecule has 0 heterocycles. The maximum absolute atomic E-state index is 12.4. The molecular weight excluding hydrogens is 276 g/mol. The van der Waals surface area contributed by atoms with Gasteiger partial charge in [0.15, 0.2) is 5.41 Å². The van der Waals surface area contributed by atoms with Gasteiger partial charge in [-0.25, -0.2) is 0 Å². The van der Waals surface area contributed by atoms with Crippen LogP contribution < -0.4 is 0 Å². The van der Waals surface area contributed by atoms with Crippen LogP contribution in [0.5, 0.6) is 0 Å². The third-order valence-corrected chi connectivity index (χ3v) is 5.20. The van der Waals surface area contributed by atoms with Gasteiger partial charge >= 0.3 is 11.9 Å². The van der Waals surface area contributed by atoms with Crippen molar-refractivity contribution in [2.24, 2.45) is 11.3 Å². The van der Waals surface area contributed by atoms with E-state index in [0.717, 1.165) is 43.6 Å². The largest absolute Gasteiger partial charge is 0.468 e. The molecular formula is C15H26O4S. The highest BCUT2D eigenvalue weighted by Gasteiger charge is 2.54. The molecule has 0 aliphatic heterocycles. The Morgan fingerprint density at radius 1 is 1.15 bits per heavy atom. The van der Waals surface area contributed by atoms with Gasteiger partial charge in [0.1, 0.15) is 0 Å². The molecule has 116 valence electrons. The third kappa shape index (κ3) is 3.68. The van der Waals surface area contributed by atoms with Gasteiger partial charge in [0.25, 0.3) is 0 Å². The zero-order chi connectivity index (χ0) is 15.0. The molecule has 0 unspecified atom stereocenters. The summed E-state index contributed by atoms with van der Waals surface area (Å²) in [5.41, 5.74) is -1.09. The minimum absolute atomic E-state index is 0.0639. The normalized spacial score (nSPS) is 16.1. The van der Waals surface area contributed by atoms with Gasteiger partial charge in [-0.2, -0.15) is 11.8 Å². The van der Waals surface area contributed by atoms with Crippen molar-refractivity contribution in [2.75, 3.05) is 25.7 Å². The topological polar surface area (TPSA) is 52.6 Å². The third-order valence-electron chi connectivity index (χ3n) is 4.22. The monoisotopic (exact) mass is 302 g/mol. The Kier molecular flexibility index (Phi) is 7.41. The molecule has 0 N–H and O–H groups in total. The van der Waals surface area contributed by atoms with Crippen LogP contribution in [0.3, 0.4) is 0 Å². The molecule has 1 saturated carbocycles. The Bertz CT molecular complexity index is 308. The summed E-state index contributed by atoms with van der Waals surface area (Å²) in [5.74, 6) is 1.23. The minimum Gasteiger partial charge on any atom is -0.468 e. The van der Waals surface area contributed by atoms with Crippen LogP contribution in [0.25, 0.3) is 0 Å². The molecule has 0 amide bonds. The highest BCUT2D eigenvalue weighted by molar-refractivity contribution is 7.99. The molecule has 0 aromatic rings. The van der Waals surface area contributed by atoms with Crippen molar-refractivity contribution in [3.63, 3.8) is 0 Å². The summed E-state index contributed by atoms with van der Waals surface area (Å²) in [6.07, 6.45) is 5.33. The fraction of sp³-hybridized carbons (Fsp3) is 0.867. The number of ether oxygens (including phenoxy) is 2. The highest BCUT2D eigenvalue weighted by atomic mass is 32.2. The molecule has 1 fully saturated rings. The van der Waals surface area contributed by atoms with Crippen molar-refractivity contribution in [1.82, 2.24) is 0 Å². The van der Waals surface area contributed by atoms with E-state index >= 15 is 0 Å². The second-order valence-corrected chi connectivity index (χ2v) is 6.63. The minimum atomic E-state index is -1.09. The van der Waals surface area contributed by atoms with Gasteiger partial charge in [0.05, 0.1) is 14.2 Å². The maximum atomic E-state index is 12.4. The van der Waals surface area contributed by atoms with E-state index in [1.165, 1.54) is 14.2 Å². The molecule has 1 aliphatic rings. The Labute approximate surface area is 126 Å². The number of rotatable bonds is 8. The first-order chi connectivity index (χ1) is 9.63. The summed E-state index contributed by atoms with van der Waals surface area (Å²) in [6, 6.07) is 0. The maximum Gasteiger partial charge on any atom is 0.323 e. The van der Waals surface area contributed by atoms with Crippen LogP contribution >= 0.6 is 11.8 Å². The molecule has 0 atom stereocenters. The zero-order valence-corrected chi connectivity index (χ0v) is 13.6. The first kappa shape index (κ1) is 17.3. The predicted molar refractivity (Wildman–Crippen MR) is 80.7 cm³/mol. The van der Waals surface area contributed by atoms with Crippen molar-refractivity contribution in [3.8, 4) is 0 Å². The summed E-state index contributed by atoms with van der Waals surface area (Å²) in [5, 5.41) is 0. The second-order valence-electron chi connectivity index (χ2n) is 5.24. The van der Waals surface area contributed by atoms with E-state index < -0.39 is 17.4 Å². The highest BCUT2D eigenvalue weighted by Crippen LogP contribution is 2.45. The van der Waals surface area contributed by atoms with Crippen LogP contribution in [0, 0.1) is 11.3 Å².